The maximum Gasteiger partial charge on any atom is 0.488 e. The highest BCUT2D eigenvalue weighted by Crippen LogP contribution is 2.22. The van der Waals surface area contributed by atoms with Crippen molar-refractivity contribution >= 4 is 12.6 Å². The van der Waals surface area contributed by atoms with E-state index >= 15 is 0 Å². The van der Waals surface area contributed by atoms with E-state index in [9.17, 15) is 0 Å². The fourth-order valence-electron chi connectivity index (χ4n) is 1.68. The predicted octanol–water partition coefficient (Wildman–Crippen LogP) is 1.04. The Kier molecular flexibility index (Phi) is 3.47. The smallest absolute Gasteiger partial charge is 0.488 e. The first-order valence-electron chi connectivity index (χ1n) is 5.31. The van der Waals surface area contributed by atoms with Gasteiger partial charge in [-0.3, -0.25) is 0 Å². The van der Waals surface area contributed by atoms with Crippen LogP contribution in [-0.2, 0) is 0 Å². The monoisotopic (exact) mass is 228 g/mol. The van der Waals surface area contributed by atoms with Crippen LogP contribution in [0.5, 0.6) is 5.75 Å². The van der Waals surface area contributed by atoms with Crippen LogP contribution >= 0.6 is 0 Å². The molecule has 0 bridgehead atoms. The minimum absolute atomic E-state index is 0.477. The molecule has 0 unspecified atom stereocenters. The van der Waals surface area contributed by atoms with E-state index in [4.69, 9.17) is 14.8 Å². The first kappa shape index (κ1) is 11.7. The molecular formula is C13H13BO3. The Morgan fingerprint density at radius 1 is 0.941 bits per heavy atom. The van der Waals surface area contributed by atoms with Crippen molar-refractivity contribution < 1.29 is 14.8 Å². The van der Waals surface area contributed by atoms with Gasteiger partial charge in [-0.1, -0.05) is 36.4 Å². The zero-order valence-corrected chi connectivity index (χ0v) is 9.50. The van der Waals surface area contributed by atoms with Crippen molar-refractivity contribution in [2.24, 2.45) is 0 Å². The molecule has 0 atom stereocenters. The molecule has 4 heteroatoms. The number of ether oxygens (including phenoxy) is 1. The molecule has 2 aromatic rings. The molecule has 0 aliphatic heterocycles. The summed E-state index contributed by atoms with van der Waals surface area (Å²) in [6, 6.07) is 14.8. The van der Waals surface area contributed by atoms with E-state index in [1.54, 1.807) is 25.3 Å². The van der Waals surface area contributed by atoms with E-state index in [2.05, 4.69) is 0 Å². The van der Waals surface area contributed by atoms with Crippen molar-refractivity contribution in [3.63, 3.8) is 0 Å². The molecular weight excluding hydrogens is 215 g/mol. The van der Waals surface area contributed by atoms with Gasteiger partial charge < -0.3 is 14.8 Å². The maximum atomic E-state index is 9.13. The second-order valence-electron chi connectivity index (χ2n) is 3.73. The maximum absolute atomic E-state index is 9.13. The first-order valence-corrected chi connectivity index (χ1v) is 5.31. The zero-order chi connectivity index (χ0) is 12.3. The molecule has 2 rings (SSSR count). The lowest BCUT2D eigenvalue weighted by Gasteiger charge is -2.06. The molecule has 17 heavy (non-hydrogen) atoms. The summed E-state index contributed by atoms with van der Waals surface area (Å²) in [7, 11) is 0.174. The quantitative estimate of drug-likeness (QED) is 0.771. The number of hydrogen-bond donors (Lipinski definition) is 2. The standard InChI is InChI=1S/C13H13BO3/c1-17-13-7-3-5-11(9-13)10-4-2-6-12(8-10)14(15)16/h2-9,15-16H,1H3. The second kappa shape index (κ2) is 5.04. The molecule has 86 valence electrons. The Bertz CT molecular complexity index is 512. The molecule has 0 heterocycles. The second-order valence-corrected chi connectivity index (χ2v) is 3.73. The molecule has 0 radical (unpaired) electrons. The molecule has 0 aromatic heterocycles. The van der Waals surface area contributed by atoms with Gasteiger partial charge in [0.05, 0.1) is 7.11 Å². The van der Waals surface area contributed by atoms with Gasteiger partial charge in [-0.15, -0.1) is 0 Å². The summed E-state index contributed by atoms with van der Waals surface area (Å²) in [4.78, 5) is 0. The Morgan fingerprint density at radius 3 is 2.24 bits per heavy atom. The zero-order valence-electron chi connectivity index (χ0n) is 9.50. The average Bonchev–Trinajstić information content (AvgIpc) is 2.39. The van der Waals surface area contributed by atoms with Crippen LogP contribution in [-0.4, -0.2) is 24.3 Å². The van der Waals surface area contributed by atoms with Crippen molar-refractivity contribution in [3.05, 3.63) is 48.5 Å². The van der Waals surface area contributed by atoms with Crippen molar-refractivity contribution in [2.75, 3.05) is 7.11 Å². The van der Waals surface area contributed by atoms with E-state index < -0.39 is 7.12 Å². The first-order chi connectivity index (χ1) is 8.20. The van der Waals surface area contributed by atoms with Gasteiger partial charge in [0, 0.05) is 0 Å². The van der Waals surface area contributed by atoms with Crippen LogP contribution in [0.2, 0.25) is 0 Å². The van der Waals surface area contributed by atoms with Crippen molar-refractivity contribution in [3.8, 4) is 16.9 Å². The Balaban J connectivity index is 2.41. The lowest BCUT2D eigenvalue weighted by atomic mass is 9.79. The van der Waals surface area contributed by atoms with E-state index in [1.165, 1.54) is 0 Å². The highest BCUT2D eigenvalue weighted by atomic mass is 16.5. The van der Waals surface area contributed by atoms with Crippen LogP contribution in [0.25, 0.3) is 11.1 Å². The molecule has 0 amide bonds. The highest BCUT2D eigenvalue weighted by Gasteiger charge is 2.11. The molecule has 3 nitrogen and oxygen atoms in total. The van der Waals surface area contributed by atoms with Gasteiger partial charge >= 0.3 is 7.12 Å². The molecule has 2 N–H and O–H groups in total. The van der Waals surface area contributed by atoms with Gasteiger partial charge in [-0.05, 0) is 28.7 Å². The molecule has 0 saturated carbocycles. The van der Waals surface area contributed by atoms with E-state index in [0.29, 0.717) is 5.46 Å². The van der Waals surface area contributed by atoms with Gasteiger partial charge in [0.2, 0.25) is 0 Å². The largest absolute Gasteiger partial charge is 0.497 e. The lowest BCUT2D eigenvalue weighted by molar-refractivity contribution is 0.415. The highest BCUT2D eigenvalue weighted by molar-refractivity contribution is 6.58. The lowest BCUT2D eigenvalue weighted by Crippen LogP contribution is -2.29. The van der Waals surface area contributed by atoms with Crippen LogP contribution < -0.4 is 10.2 Å². The Hall–Kier alpha value is -1.78. The summed E-state index contributed by atoms with van der Waals surface area (Å²) in [5.74, 6) is 0.775. The number of methoxy groups -OCH3 is 1. The summed E-state index contributed by atoms with van der Waals surface area (Å²) in [5, 5.41) is 18.3. The molecule has 0 spiro atoms. The molecule has 0 aliphatic rings. The van der Waals surface area contributed by atoms with Crippen LogP contribution in [0.3, 0.4) is 0 Å². The van der Waals surface area contributed by atoms with E-state index in [1.807, 2.05) is 30.3 Å². The fraction of sp³-hybridized carbons (Fsp3) is 0.0769. The molecule has 0 fully saturated rings. The number of benzene rings is 2. The van der Waals surface area contributed by atoms with Crippen molar-refractivity contribution in [2.45, 2.75) is 0 Å². The molecule has 2 aromatic carbocycles. The summed E-state index contributed by atoms with van der Waals surface area (Å²) < 4.78 is 5.16. The van der Waals surface area contributed by atoms with Gasteiger partial charge in [0.1, 0.15) is 5.75 Å². The minimum Gasteiger partial charge on any atom is -0.497 e. The molecule has 0 aliphatic carbocycles. The van der Waals surface area contributed by atoms with Crippen LogP contribution in [0.1, 0.15) is 0 Å². The van der Waals surface area contributed by atoms with Crippen LogP contribution in [0, 0.1) is 0 Å². The van der Waals surface area contributed by atoms with E-state index in [-0.39, 0.29) is 0 Å². The summed E-state index contributed by atoms with van der Waals surface area (Å²) in [5.41, 5.74) is 2.38. The Morgan fingerprint density at radius 2 is 1.59 bits per heavy atom. The fourth-order valence-corrected chi connectivity index (χ4v) is 1.68. The van der Waals surface area contributed by atoms with Crippen molar-refractivity contribution in [1.82, 2.24) is 0 Å². The van der Waals surface area contributed by atoms with Crippen LogP contribution in [0.4, 0.5) is 0 Å². The predicted molar refractivity (Wildman–Crippen MR) is 68.3 cm³/mol. The van der Waals surface area contributed by atoms with Gasteiger partial charge in [-0.25, -0.2) is 0 Å². The minimum atomic E-state index is -1.44. The number of rotatable bonds is 3. The third-order valence-corrected chi connectivity index (χ3v) is 2.59. The van der Waals surface area contributed by atoms with Crippen LogP contribution in [0.15, 0.2) is 48.5 Å². The van der Waals surface area contributed by atoms with Gasteiger partial charge in [-0.2, -0.15) is 0 Å². The molecule has 0 saturated heterocycles. The average molecular weight is 228 g/mol. The third-order valence-electron chi connectivity index (χ3n) is 2.59. The summed E-state index contributed by atoms with van der Waals surface area (Å²) >= 11 is 0. The number of hydrogen-bond acceptors (Lipinski definition) is 3. The van der Waals surface area contributed by atoms with Crippen molar-refractivity contribution in [1.29, 1.82) is 0 Å². The van der Waals surface area contributed by atoms with Gasteiger partial charge in [0.15, 0.2) is 0 Å². The van der Waals surface area contributed by atoms with Gasteiger partial charge in [0.25, 0.3) is 0 Å². The normalized spacial score (nSPS) is 10.1. The van der Waals surface area contributed by atoms with E-state index in [0.717, 1.165) is 16.9 Å². The topological polar surface area (TPSA) is 49.7 Å². The third kappa shape index (κ3) is 2.67. The Labute approximate surface area is 100 Å². The SMILES string of the molecule is COc1cccc(-c2cccc(B(O)O)c2)c1. The summed E-state index contributed by atoms with van der Waals surface area (Å²) in [6.45, 7) is 0. The summed E-state index contributed by atoms with van der Waals surface area (Å²) in [6.07, 6.45) is 0.